The maximum absolute atomic E-state index is 13.5. The van der Waals surface area contributed by atoms with E-state index < -0.39 is 49.7 Å². The Morgan fingerprint density at radius 1 is 1.00 bits per heavy atom. The third kappa shape index (κ3) is 4.96. The minimum absolute atomic E-state index is 0.00474. The number of alkyl halides is 3. The van der Waals surface area contributed by atoms with Crippen LogP contribution in [0.3, 0.4) is 0 Å². The van der Waals surface area contributed by atoms with Gasteiger partial charge in [-0.1, -0.05) is 30.3 Å². The number of imide groups is 1. The molecule has 38 heavy (non-hydrogen) atoms. The molecule has 0 bridgehead atoms. The van der Waals surface area contributed by atoms with Gasteiger partial charge in [-0.25, -0.2) is 18.1 Å². The lowest BCUT2D eigenvalue weighted by atomic mass is 9.84. The van der Waals surface area contributed by atoms with Crippen LogP contribution in [0.2, 0.25) is 0 Å². The van der Waals surface area contributed by atoms with Crippen LogP contribution in [0, 0.1) is 0 Å². The molecule has 2 heterocycles. The second kappa shape index (κ2) is 9.89. The molecular weight excluding hydrogens is 525 g/mol. The van der Waals surface area contributed by atoms with Crippen molar-refractivity contribution in [2.24, 2.45) is 0 Å². The van der Waals surface area contributed by atoms with Gasteiger partial charge in [0.05, 0.1) is 22.5 Å². The molecule has 0 aliphatic carbocycles. The van der Waals surface area contributed by atoms with E-state index in [2.05, 4.69) is 15.6 Å². The molecule has 1 fully saturated rings. The number of nitrogens with one attached hydrogen (secondary N) is 2. The number of aromatic nitrogens is 1. The normalized spacial score (nSPS) is 17.6. The first kappa shape index (κ1) is 26.8. The quantitative estimate of drug-likeness (QED) is 0.439. The zero-order valence-electron chi connectivity index (χ0n) is 19.8. The minimum Gasteiger partial charge on any atom is -0.344 e. The number of hydrogen-bond donors (Lipinski definition) is 2. The highest BCUT2D eigenvalue weighted by atomic mass is 32.2. The first-order valence-corrected chi connectivity index (χ1v) is 12.6. The summed E-state index contributed by atoms with van der Waals surface area (Å²) in [6.45, 7) is 1.55. The lowest BCUT2D eigenvalue weighted by Crippen LogP contribution is -2.58. The Balaban J connectivity index is 1.65. The van der Waals surface area contributed by atoms with E-state index in [-0.39, 0.29) is 12.1 Å². The van der Waals surface area contributed by atoms with Gasteiger partial charge >= 0.3 is 11.5 Å². The van der Waals surface area contributed by atoms with E-state index in [0.717, 1.165) is 17.7 Å². The largest absolute Gasteiger partial charge is 0.501 e. The van der Waals surface area contributed by atoms with Crippen molar-refractivity contribution < 1.29 is 36.0 Å². The number of sulfone groups is 1. The maximum Gasteiger partial charge on any atom is 0.501 e. The summed E-state index contributed by atoms with van der Waals surface area (Å²) in [6.07, 6.45) is 2.90. The highest BCUT2D eigenvalue weighted by molar-refractivity contribution is 7.92. The fourth-order valence-corrected chi connectivity index (χ4v) is 4.91. The number of nitrogens with zero attached hydrogens (tertiary/aromatic N) is 2. The van der Waals surface area contributed by atoms with Crippen molar-refractivity contribution in [3.05, 3.63) is 90.3 Å². The topological polar surface area (TPSA) is 126 Å². The molecule has 3 aromatic rings. The smallest absolute Gasteiger partial charge is 0.344 e. The lowest BCUT2D eigenvalue weighted by molar-refractivity contribution is -0.124. The van der Waals surface area contributed by atoms with E-state index in [1.807, 2.05) is 0 Å². The van der Waals surface area contributed by atoms with Gasteiger partial charge < -0.3 is 10.6 Å². The molecule has 0 saturated carbocycles. The number of amides is 4. The summed E-state index contributed by atoms with van der Waals surface area (Å²) in [7, 11) is -5.61. The van der Waals surface area contributed by atoms with E-state index >= 15 is 0 Å². The van der Waals surface area contributed by atoms with Crippen molar-refractivity contribution in [2.75, 3.05) is 4.90 Å². The molecule has 13 heteroatoms. The third-order valence-electron chi connectivity index (χ3n) is 6.11. The van der Waals surface area contributed by atoms with Crippen LogP contribution in [-0.2, 0) is 31.4 Å². The Labute approximate surface area is 215 Å². The Bertz CT molecular complexity index is 1470. The van der Waals surface area contributed by atoms with Crippen molar-refractivity contribution in [3.63, 3.8) is 0 Å². The summed E-state index contributed by atoms with van der Waals surface area (Å²) in [5.74, 6) is -1.24. The first-order chi connectivity index (χ1) is 17.8. The van der Waals surface area contributed by atoms with Gasteiger partial charge in [-0.05, 0) is 54.4 Å². The van der Waals surface area contributed by atoms with Crippen LogP contribution >= 0.6 is 0 Å². The first-order valence-electron chi connectivity index (χ1n) is 11.2. The number of carbonyl (C=O) groups excluding carboxylic acids is 3. The van der Waals surface area contributed by atoms with Gasteiger partial charge in [-0.3, -0.25) is 14.6 Å². The molecule has 2 unspecified atom stereocenters. The van der Waals surface area contributed by atoms with Gasteiger partial charge in [-0.15, -0.1) is 0 Å². The van der Waals surface area contributed by atoms with E-state index in [1.54, 1.807) is 49.4 Å². The molecule has 1 saturated heterocycles. The molecule has 1 aromatic heterocycles. The maximum atomic E-state index is 13.5. The average Bonchev–Trinajstić information content (AvgIpc) is 3.18. The predicted molar refractivity (Wildman–Crippen MR) is 129 cm³/mol. The molecular formula is C25H21F3N4O5S. The third-order valence-corrected chi connectivity index (χ3v) is 7.61. The van der Waals surface area contributed by atoms with Crippen molar-refractivity contribution >= 4 is 33.4 Å². The second-order valence-electron chi connectivity index (χ2n) is 8.65. The van der Waals surface area contributed by atoms with Gasteiger partial charge in [0.1, 0.15) is 6.04 Å². The predicted octanol–water partition coefficient (Wildman–Crippen LogP) is 3.07. The van der Waals surface area contributed by atoms with Gasteiger partial charge in [0.2, 0.25) is 5.91 Å². The van der Waals surface area contributed by atoms with Crippen LogP contribution in [0.1, 0.15) is 18.1 Å². The van der Waals surface area contributed by atoms with E-state index in [4.69, 9.17) is 0 Å². The van der Waals surface area contributed by atoms with Crippen LogP contribution in [0.25, 0.3) is 0 Å². The molecule has 4 rings (SSSR count). The second-order valence-corrected chi connectivity index (χ2v) is 10.6. The van der Waals surface area contributed by atoms with Crippen LogP contribution in [-0.4, -0.2) is 42.8 Å². The summed E-state index contributed by atoms with van der Waals surface area (Å²) in [6, 6.07) is 13.0. The fraction of sp³-hybridized carbons (Fsp3) is 0.200. The van der Waals surface area contributed by atoms with Crippen molar-refractivity contribution in [3.8, 4) is 0 Å². The number of carbonyl (C=O) groups is 3. The summed E-state index contributed by atoms with van der Waals surface area (Å²) in [5, 5.41) is 5.37. The fourth-order valence-electron chi connectivity index (χ4n) is 4.15. The zero-order chi connectivity index (χ0) is 27.7. The van der Waals surface area contributed by atoms with E-state index in [9.17, 15) is 36.0 Å². The number of anilines is 1. The zero-order valence-corrected chi connectivity index (χ0v) is 20.6. The van der Waals surface area contributed by atoms with Gasteiger partial charge in [0.15, 0.2) is 0 Å². The highest BCUT2D eigenvalue weighted by Crippen LogP contribution is 2.34. The number of benzene rings is 2. The standard InChI is InChI=1S/C25H21F3N4O5S/c1-24(17-11-13-29-14-12-17,31-20(33)15-16-5-3-2-4-6-16)21-22(34)32(23(35)30-21)18-7-9-19(10-8-18)38(36,37)25(26,27)28/h2-14,21H,15H2,1H3,(H,30,35)(H,31,33). The molecule has 1 aliphatic rings. The Hall–Kier alpha value is -4.26. The summed E-state index contributed by atoms with van der Waals surface area (Å²) in [5.41, 5.74) is -5.93. The molecule has 0 radical (unpaired) electrons. The van der Waals surface area contributed by atoms with E-state index in [0.29, 0.717) is 22.6 Å². The monoisotopic (exact) mass is 546 g/mol. The van der Waals surface area contributed by atoms with Gasteiger partial charge in [0.25, 0.3) is 15.7 Å². The molecule has 198 valence electrons. The average molecular weight is 547 g/mol. The Morgan fingerprint density at radius 3 is 2.18 bits per heavy atom. The minimum atomic E-state index is -5.61. The number of rotatable bonds is 7. The summed E-state index contributed by atoms with van der Waals surface area (Å²) >= 11 is 0. The number of urea groups is 1. The highest BCUT2D eigenvalue weighted by Gasteiger charge is 2.51. The molecule has 2 aromatic carbocycles. The van der Waals surface area contributed by atoms with Crippen molar-refractivity contribution in [2.45, 2.75) is 35.3 Å². The number of pyridine rings is 1. The summed E-state index contributed by atoms with van der Waals surface area (Å²) in [4.78, 5) is 42.9. The van der Waals surface area contributed by atoms with Crippen molar-refractivity contribution in [1.29, 1.82) is 0 Å². The molecule has 9 nitrogen and oxygen atoms in total. The number of halogens is 3. The van der Waals surface area contributed by atoms with Crippen molar-refractivity contribution in [1.82, 2.24) is 15.6 Å². The Kier molecular flexibility index (Phi) is 6.98. The molecule has 4 amide bonds. The van der Waals surface area contributed by atoms with Crippen LogP contribution in [0.5, 0.6) is 0 Å². The molecule has 2 atom stereocenters. The van der Waals surface area contributed by atoms with Gasteiger partial charge in [-0.2, -0.15) is 13.2 Å². The molecule has 0 spiro atoms. The number of hydrogen-bond acceptors (Lipinski definition) is 6. The van der Waals surface area contributed by atoms with E-state index in [1.165, 1.54) is 12.4 Å². The molecule has 2 N–H and O–H groups in total. The van der Waals surface area contributed by atoms with Crippen LogP contribution < -0.4 is 15.5 Å². The lowest BCUT2D eigenvalue weighted by Gasteiger charge is -2.35. The van der Waals surface area contributed by atoms with Gasteiger partial charge in [0, 0.05) is 12.4 Å². The summed E-state index contributed by atoms with van der Waals surface area (Å²) < 4.78 is 61.9. The molecule has 1 aliphatic heterocycles. The SMILES string of the molecule is CC(NC(=O)Cc1ccccc1)(c1ccncc1)C1NC(=O)N(c2ccc(S(=O)(=O)C(F)(F)F)cc2)C1=O. The van der Waals surface area contributed by atoms with Crippen LogP contribution in [0.4, 0.5) is 23.7 Å². The van der Waals surface area contributed by atoms with Crippen LogP contribution in [0.15, 0.2) is 84.0 Å². The Morgan fingerprint density at radius 2 is 1.61 bits per heavy atom.